The summed E-state index contributed by atoms with van der Waals surface area (Å²) in [6, 6.07) is 18.9. The van der Waals surface area contributed by atoms with E-state index in [2.05, 4.69) is 0 Å². The number of carbonyl (C=O) groups excluding carboxylic acids is 1. The molecule has 0 spiro atoms. The summed E-state index contributed by atoms with van der Waals surface area (Å²) < 4.78 is 16.7. The van der Waals surface area contributed by atoms with Crippen LogP contribution in [0.25, 0.3) is 0 Å². The molecule has 3 rings (SSSR count). The molecule has 0 saturated heterocycles. The smallest absolute Gasteiger partial charge is 0.378 e. The number of carbonyl (C=O) groups is 1. The minimum Gasteiger partial charge on any atom is -0.485 e. The van der Waals surface area contributed by atoms with Gasteiger partial charge in [0.05, 0.1) is 0 Å². The van der Waals surface area contributed by atoms with Gasteiger partial charge in [-0.1, -0.05) is 60.7 Å². The van der Waals surface area contributed by atoms with Crippen LogP contribution in [0.4, 0.5) is 0 Å². The van der Waals surface area contributed by atoms with Crippen molar-refractivity contribution in [3.63, 3.8) is 0 Å². The molecule has 1 unspecified atom stereocenters. The van der Waals surface area contributed by atoms with E-state index in [1.54, 1.807) is 0 Å². The Bertz CT molecular complexity index is 760. The predicted octanol–water partition coefficient (Wildman–Crippen LogP) is 1.88. The Morgan fingerprint density at radius 1 is 0.962 bits per heavy atom. The van der Waals surface area contributed by atoms with Crippen molar-refractivity contribution >= 4 is 5.97 Å². The van der Waals surface area contributed by atoms with Crippen LogP contribution in [0.15, 0.2) is 72.2 Å². The fourth-order valence-corrected chi connectivity index (χ4v) is 2.57. The number of esters is 1. The van der Waals surface area contributed by atoms with Gasteiger partial charge in [0.1, 0.15) is 19.3 Å². The molecular weight excluding hydrogens is 334 g/mol. The van der Waals surface area contributed by atoms with Gasteiger partial charge in [0, 0.05) is 6.54 Å². The normalized spacial score (nSPS) is 17.8. The molecule has 0 saturated carbocycles. The van der Waals surface area contributed by atoms with Crippen LogP contribution >= 0.6 is 0 Å². The Balaban J connectivity index is 1.79. The molecule has 2 aromatic rings. The van der Waals surface area contributed by atoms with Crippen LogP contribution in [-0.4, -0.2) is 29.8 Å². The number of aliphatic hydroxyl groups is 1. The molecule has 3 N–H and O–H groups in total. The van der Waals surface area contributed by atoms with E-state index in [9.17, 15) is 9.90 Å². The first kappa shape index (κ1) is 18.0. The molecule has 0 aliphatic carbocycles. The zero-order valence-electron chi connectivity index (χ0n) is 14.2. The number of cyclic esters (lactones) is 1. The first-order valence-corrected chi connectivity index (χ1v) is 8.35. The lowest BCUT2D eigenvalue weighted by atomic mass is 10.1. The van der Waals surface area contributed by atoms with E-state index in [1.807, 2.05) is 60.7 Å². The number of hydrogen-bond acceptors (Lipinski definition) is 6. The van der Waals surface area contributed by atoms with Gasteiger partial charge in [-0.3, -0.25) is 0 Å². The Morgan fingerprint density at radius 3 is 2.04 bits per heavy atom. The average molecular weight is 355 g/mol. The first-order chi connectivity index (χ1) is 12.7. The molecule has 0 radical (unpaired) electrons. The quantitative estimate of drug-likeness (QED) is 0.703. The fourth-order valence-electron chi connectivity index (χ4n) is 2.57. The molecule has 26 heavy (non-hydrogen) atoms. The highest BCUT2D eigenvalue weighted by atomic mass is 16.6. The number of ether oxygens (including phenoxy) is 3. The molecule has 0 bridgehead atoms. The number of aliphatic hydroxyl groups excluding tert-OH is 1. The highest BCUT2D eigenvalue weighted by Gasteiger charge is 2.41. The van der Waals surface area contributed by atoms with Crippen molar-refractivity contribution < 1.29 is 24.1 Å². The second-order valence-corrected chi connectivity index (χ2v) is 5.87. The summed E-state index contributed by atoms with van der Waals surface area (Å²) in [6.07, 6.45) is -2.04. The Kier molecular flexibility index (Phi) is 5.88. The van der Waals surface area contributed by atoms with Crippen molar-refractivity contribution in [2.75, 3.05) is 6.54 Å². The Hall–Kier alpha value is -2.83. The monoisotopic (exact) mass is 355 g/mol. The molecule has 6 nitrogen and oxygen atoms in total. The van der Waals surface area contributed by atoms with Crippen LogP contribution in [0.5, 0.6) is 0 Å². The minimum atomic E-state index is -1.07. The predicted molar refractivity (Wildman–Crippen MR) is 94.4 cm³/mol. The molecule has 0 fully saturated rings. The van der Waals surface area contributed by atoms with Gasteiger partial charge in [-0.25, -0.2) is 4.79 Å². The number of nitrogens with two attached hydrogens (primary N) is 1. The summed E-state index contributed by atoms with van der Waals surface area (Å²) in [4.78, 5) is 12.2. The van der Waals surface area contributed by atoms with E-state index in [1.165, 1.54) is 0 Å². The lowest BCUT2D eigenvalue weighted by Gasteiger charge is -2.19. The van der Waals surface area contributed by atoms with Gasteiger partial charge >= 0.3 is 5.97 Å². The second kappa shape index (κ2) is 8.51. The summed E-state index contributed by atoms with van der Waals surface area (Å²) in [7, 11) is 0. The van der Waals surface area contributed by atoms with Crippen LogP contribution < -0.4 is 5.73 Å². The van der Waals surface area contributed by atoms with E-state index in [4.69, 9.17) is 19.9 Å². The molecule has 0 aromatic heterocycles. The van der Waals surface area contributed by atoms with Crippen LogP contribution in [0.1, 0.15) is 11.1 Å². The van der Waals surface area contributed by atoms with Crippen LogP contribution in [0, 0.1) is 0 Å². The minimum absolute atomic E-state index is 0.0257. The van der Waals surface area contributed by atoms with Gasteiger partial charge in [-0.05, 0) is 11.1 Å². The van der Waals surface area contributed by atoms with Gasteiger partial charge in [0.15, 0.2) is 11.9 Å². The summed E-state index contributed by atoms with van der Waals surface area (Å²) >= 11 is 0. The maximum absolute atomic E-state index is 12.2. The largest absolute Gasteiger partial charge is 0.485 e. The summed E-state index contributed by atoms with van der Waals surface area (Å²) in [5, 5.41) is 10.1. The maximum atomic E-state index is 12.2. The summed E-state index contributed by atoms with van der Waals surface area (Å²) in [6.45, 7) is 0.343. The second-order valence-electron chi connectivity index (χ2n) is 5.87. The SMILES string of the molecule is NC[C@H](O)C1OC(=O)C(OCc2ccccc2)=C1OCc1ccccc1. The van der Waals surface area contributed by atoms with Crippen LogP contribution in [0.3, 0.4) is 0 Å². The van der Waals surface area contributed by atoms with Gasteiger partial charge < -0.3 is 25.1 Å². The average Bonchev–Trinajstić information content (AvgIpc) is 3.01. The molecule has 2 atom stereocenters. The molecule has 1 aliphatic rings. The summed E-state index contributed by atoms with van der Waals surface area (Å²) in [5.41, 5.74) is 7.34. The standard InChI is InChI=1S/C20H21NO5/c21-11-16(22)17-18(24-12-14-7-3-1-4-8-14)19(20(23)26-17)25-13-15-9-5-2-6-10-15/h1-10,16-17,22H,11-13,21H2/t16-,17?/m0/s1. The van der Waals surface area contributed by atoms with Gasteiger partial charge in [-0.2, -0.15) is 0 Å². The maximum Gasteiger partial charge on any atom is 0.378 e. The highest BCUT2D eigenvalue weighted by molar-refractivity contribution is 5.89. The molecule has 6 heteroatoms. The first-order valence-electron chi connectivity index (χ1n) is 8.35. The van der Waals surface area contributed by atoms with Crippen LogP contribution in [-0.2, 0) is 32.2 Å². The molecule has 1 heterocycles. The van der Waals surface area contributed by atoms with Crippen molar-refractivity contribution in [1.29, 1.82) is 0 Å². The number of benzene rings is 2. The van der Waals surface area contributed by atoms with Crippen LogP contribution in [0.2, 0.25) is 0 Å². The zero-order chi connectivity index (χ0) is 18.4. The van der Waals surface area contributed by atoms with Gasteiger partial charge in [0.25, 0.3) is 0 Å². The Morgan fingerprint density at radius 2 is 1.50 bits per heavy atom. The Labute approximate surface area is 151 Å². The summed E-state index contributed by atoms with van der Waals surface area (Å²) in [5.74, 6) is -0.517. The van der Waals surface area contributed by atoms with Crippen molar-refractivity contribution in [1.82, 2.24) is 0 Å². The van der Waals surface area contributed by atoms with Crippen molar-refractivity contribution in [3.05, 3.63) is 83.3 Å². The molecule has 136 valence electrons. The molecular formula is C20H21NO5. The third-order valence-electron chi connectivity index (χ3n) is 3.96. The van der Waals surface area contributed by atoms with E-state index in [0.29, 0.717) is 0 Å². The molecule has 0 amide bonds. The topological polar surface area (TPSA) is 91.0 Å². The molecule has 2 aromatic carbocycles. The molecule has 1 aliphatic heterocycles. The van der Waals surface area contributed by atoms with Crippen molar-refractivity contribution in [2.45, 2.75) is 25.4 Å². The number of hydrogen-bond donors (Lipinski definition) is 2. The third-order valence-corrected chi connectivity index (χ3v) is 3.96. The lowest BCUT2D eigenvalue weighted by molar-refractivity contribution is -0.147. The highest BCUT2D eigenvalue weighted by Crippen LogP contribution is 2.28. The third kappa shape index (κ3) is 4.22. The van der Waals surface area contributed by atoms with Gasteiger partial charge in [0.2, 0.25) is 5.76 Å². The van der Waals surface area contributed by atoms with E-state index < -0.39 is 18.2 Å². The zero-order valence-corrected chi connectivity index (χ0v) is 14.2. The van der Waals surface area contributed by atoms with Crippen molar-refractivity contribution in [2.24, 2.45) is 5.73 Å². The lowest BCUT2D eigenvalue weighted by Crippen LogP contribution is -2.35. The number of rotatable bonds is 8. The van der Waals surface area contributed by atoms with Crippen molar-refractivity contribution in [3.8, 4) is 0 Å². The van der Waals surface area contributed by atoms with E-state index in [-0.39, 0.29) is 31.3 Å². The van der Waals surface area contributed by atoms with E-state index >= 15 is 0 Å². The van der Waals surface area contributed by atoms with E-state index in [0.717, 1.165) is 11.1 Å². The fraction of sp³-hybridized carbons (Fsp3) is 0.250. The van der Waals surface area contributed by atoms with Gasteiger partial charge in [-0.15, -0.1) is 0 Å².